The second-order valence-electron chi connectivity index (χ2n) is 15.9. The van der Waals surface area contributed by atoms with Crippen molar-refractivity contribution in [2.45, 2.75) is 108 Å². The summed E-state index contributed by atoms with van der Waals surface area (Å²) < 4.78 is 25.3. The Kier molecular flexibility index (Phi) is 11.9. The zero-order chi connectivity index (χ0) is 37.1. The average molecular weight is 740 g/mol. The molecule has 3 aromatic rings. The number of nitrogens with one attached hydrogen (secondary N) is 3. The van der Waals surface area contributed by atoms with E-state index >= 15 is 0 Å². The summed E-state index contributed by atoms with van der Waals surface area (Å²) in [5, 5.41) is 20.8. The molecule has 2 aromatic carbocycles. The molecule has 5 rings (SSSR count). The van der Waals surface area contributed by atoms with Crippen molar-refractivity contribution in [3.8, 4) is 0 Å². The van der Waals surface area contributed by atoms with Crippen LogP contribution in [0.5, 0.6) is 0 Å². The standard InChI is InChI=1S/C38H53N5O6S2/c1-37(2,3)42-35(46)30-19-25-14-10-11-15-27(25)21-43(30)22-31(44)29(18-24-12-8-7-9-13-24)40-36(47)33(38(4,5)51(6,48)49)41-34(45)26-16-17-28-32(20-26)50-23-39-28/h7-9,12-13,16-17,20,23,25,27,29-31,33,44H,10-11,14-15,18-19,21-22H2,1-6H3,(H,40,47)(H,41,45)(H,42,46)/t25-,27+,29?,30?,31?,33+/m0/s1. The number of aliphatic hydroxyl groups is 1. The molecule has 4 N–H and O–H groups in total. The van der Waals surface area contributed by atoms with E-state index in [-0.39, 0.29) is 24.4 Å². The predicted molar refractivity (Wildman–Crippen MR) is 201 cm³/mol. The molecule has 13 heteroatoms. The highest BCUT2D eigenvalue weighted by Gasteiger charge is 2.46. The summed E-state index contributed by atoms with van der Waals surface area (Å²) in [4.78, 5) is 47.9. The highest BCUT2D eigenvalue weighted by molar-refractivity contribution is 7.92. The summed E-state index contributed by atoms with van der Waals surface area (Å²) >= 11 is 1.37. The van der Waals surface area contributed by atoms with Gasteiger partial charge in [-0.25, -0.2) is 13.4 Å². The number of hydrogen-bond donors (Lipinski definition) is 4. The molecule has 1 aliphatic carbocycles. The van der Waals surface area contributed by atoms with Gasteiger partial charge in [-0.1, -0.05) is 49.6 Å². The topological polar surface area (TPSA) is 158 Å². The fraction of sp³-hybridized carbons (Fsp3) is 0.579. The van der Waals surface area contributed by atoms with Gasteiger partial charge in [-0.15, -0.1) is 11.3 Å². The molecule has 6 atom stereocenters. The van der Waals surface area contributed by atoms with Crippen molar-refractivity contribution in [1.82, 2.24) is 25.8 Å². The smallest absolute Gasteiger partial charge is 0.252 e. The third kappa shape index (κ3) is 9.54. The van der Waals surface area contributed by atoms with Crippen molar-refractivity contribution in [3.05, 3.63) is 65.2 Å². The van der Waals surface area contributed by atoms with Gasteiger partial charge in [0.1, 0.15) is 6.04 Å². The number of likely N-dealkylation sites (tertiary alicyclic amines) is 1. The summed E-state index contributed by atoms with van der Waals surface area (Å²) in [5.74, 6) is -0.541. The van der Waals surface area contributed by atoms with Gasteiger partial charge in [0.05, 0.1) is 38.7 Å². The van der Waals surface area contributed by atoms with Crippen molar-refractivity contribution in [3.63, 3.8) is 0 Å². The summed E-state index contributed by atoms with van der Waals surface area (Å²) in [6.07, 6.45) is 5.34. The summed E-state index contributed by atoms with van der Waals surface area (Å²) in [5.41, 5.74) is 3.10. The number of thiazole rings is 1. The minimum absolute atomic E-state index is 0.0726. The molecule has 1 saturated carbocycles. The zero-order valence-electron chi connectivity index (χ0n) is 30.5. The quantitative estimate of drug-likeness (QED) is 0.216. The Labute approximate surface area is 305 Å². The van der Waals surface area contributed by atoms with Gasteiger partial charge in [0.15, 0.2) is 9.84 Å². The molecular weight excluding hydrogens is 687 g/mol. The SMILES string of the molecule is CC(C)(C)NC(=O)C1C[C@@H]2CCCC[C@@H]2CN1CC(O)C(Cc1ccccc1)NC(=O)[C@@H](NC(=O)c1ccc2ncsc2c1)C(C)(C)S(C)(=O)=O. The van der Waals surface area contributed by atoms with Crippen LogP contribution in [0.3, 0.4) is 0 Å². The summed E-state index contributed by atoms with van der Waals surface area (Å²) in [6.45, 7) is 9.47. The van der Waals surface area contributed by atoms with E-state index in [9.17, 15) is 27.9 Å². The van der Waals surface area contributed by atoms with Gasteiger partial charge in [-0.3, -0.25) is 19.3 Å². The number of aliphatic hydroxyl groups excluding tert-OH is 1. The van der Waals surface area contributed by atoms with Crippen LogP contribution < -0.4 is 16.0 Å². The van der Waals surface area contributed by atoms with Gasteiger partial charge in [0, 0.05) is 30.4 Å². The van der Waals surface area contributed by atoms with Gasteiger partial charge in [0.2, 0.25) is 11.8 Å². The molecule has 0 bridgehead atoms. The maximum atomic E-state index is 14.3. The van der Waals surface area contributed by atoms with Crippen LogP contribution in [0.15, 0.2) is 54.0 Å². The van der Waals surface area contributed by atoms with Gasteiger partial charge in [0.25, 0.3) is 5.91 Å². The molecule has 2 heterocycles. The number of β-amino-alcohol motifs (C(OH)–C–C–N with tert-alkyl or cyclic N) is 1. The normalized spacial score (nSPS) is 22.0. The predicted octanol–water partition coefficient (Wildman–Crippen LogP) is 4.10. The van der Waals surface area contributed by atoms with E-state index < -0.39 is 56.2 Å². The Morgan fingerprint density at radius 3 is 2.35 bits per heavy atom. The lowest BCUT2D eigenvalue weighted by Crippen LogP contribution is -2.64. The molecule has 0 spiro atoms. The van der Waals surface area contributed by atoms with E-state index in [4.69, 9.17) is 0 Å². The largest absolute Gasteiger partial charge is 0.390 e. The minimum atomic E-state index is -3.88. The van der Waals surface area contributed by atoms with Crippen LogP contribution in [-0.4, -0.2) is 95.0 Å². The molecule has 2 aliphatic rings. The first-order valence-electron chi connectivity index (χ1n) is 17.8. The second-order valence-corrected chi connectivity index (χ2v) is 19.4. The van der Waals surface area contributed by atoms with Crippen LogP contribution in [-0.2, 0) is 25.8 Å². The number of rotatable bonds is 12. The van der Waals surface area contributed by atoms with E-state index in [0.717, 1.165) is 47.7 Å². The third-order valence-corrected chi connectivity index (χ3v) is 13.5. The molecular formula is C38H53N5O6S2. The molecule has 2 fully saturated rings. The third-order valence-electron chi connectivity index (χ3n) is 10.6. The summed E-state index contributed by atoms with van der Waals surface area (Å²) in [7, 11) is -3.88. The fourth-order valence-electron chi connectivity index (χ4n) is 7.39. The molecule has 11 nitrogen and oxygen atoms in total. The number of nitrogens with zero attached hydrogens (tertiary/aromatic N) is 2. The second kappa shape index (κ2) is 15.7. The first-order chi connectivity index (χ1) is 23.9. The fourth-order valence-corrected chi connectivity index (χ4v) is 8.70. The highest BCUT2D eigenvalue weighted by Crippen LogP contribution is 2.39. The van der Waals surface area contributed by atoms with Crippen LogP contribution in [0.4, 0.5) is 0 Å². The Morgan fingerprint density at radius 2 is 1.69 bits per heavy atom. The van der Waals surface area contributed by atoms with Crippen molar-refractivity contribution in [1.29, 1.82) is 0 Å². The van der Waals surface area contributed by atoms with Crippen LogP contribution in [0.2, 0.25) is 0 Å². The number of piperidine rings is 1. The first kappa shape index (κ1) is 38.8. The molecule has 0 radical (unpaired) electrons. The van der Waals surface area contributed by atoms with Crippen LogP contribution in [0.1, 0.15) is 82.6 Å². The number of aromatic nitrogens is 1. The lowest BCUT2D eigenvalue weighted by atomic mass is 9.72. The molecule has 51 heavy (non-hydrogen) atoms. The minimum Gasteiger partial charge on any atom is -0.390 e. The lowest BCUT2D eigenvalue weighted by Gasteiger charge is -2.47. The summed E-state index contributed by atoms with van der Waals surface area (Å²) in [6, 6.07) is 11.6. The monoisotopic (exact) mass is 739 g/mol. The zero-order valence-corrected chi connectivity index (χ0v) is 32.1. The van der Waals surface area contributed by atoms with E-state index in [0.29, 0.717) is 24.8 Å². The van der Waals surface area contributed by atoms with Crippen LogP contribution in [0, 0.1) is 11.8 Å². The number of hydrogen-bond acceptors (Lipinski definition) is 9. The Hall–Kier alpha value is -3.39. The van der Waals surface area contributed by atoms with E-state index in [1.54, 1.807) is 23.7 Å². The Bertz CT molecular complexity index is 1810. The van der Waals surface area contributed by atoms with Crippen molar-refractivity contribution in [2.75, 3.05) is 19.3 Å². The number of sulfone groups is 1. The van der Waals surface area contributed by atoms with E-state index in [1.807, 2.05) is 51.1 Å². The maximum Gasteiger partial charge on any atom is 0.252 e. The maximum absolute atomic E-state index is 14.3. The molecule has 1 aromatic heterocycles. The first-order valence-corrected chi connectivity index (χ1v) is 20.6. The Balaban J connectivity index is 1.42. The number of fused-ring (bicyclic) bond motifs is 2. The number of benzene rings is 2. The number of carbonyl (C=O) groups is 3. The van der Waals surface area contributed by atoms with Crippen molar-refractivity contribution >= 4 is 49.1 Å². The van der Waals surface area contributed by atoms with Crippen molar-refractivity contribution < 1.29 is 27.9 Å². The molecule has 1 aliphatic heterocycles. The van der Waals surface area contributed by atoms with Crippen LogP contribution in [0.25, 0.3) is 10.2 Å². The lowest BCUT2D eigenvalue weighted by molar-refractivity contribution is -0.133. The number of carbonyl (C=O) groups excluding carboxylic acids is 3. The highest BCUT2D eigenvalue weighted by atomic mass is 32.2. The molecule has 278 valence electrons. The molecule has 1 saturated heterocycles. The molecule has 3 unspecified atom stereocenters. The van der Waals surface area contributed by atoms with Gasteiger partial charge >= 0.3 is 0 Å². The Morgan fingerprint density at radius 1 is 1.00 bits per heavy atom. The van der Waals surface area contributed by atoms with E-state index in [2.05, 4.69) is 25.8 Å². The van der Waals surface area contributed by atoms with Crippen molar-refractivity contribution in [2.24, 2.45) is 11.8 Å². The number of amides is 3. The molecule has 3 amide bonds. The van der Waals surface area contributed by atoms with Gasteiger partial charge in [-0.05, 0) is 89.5 Å². The van der Waals surface area contributed by atoms with Gasteiger partial charge < -0.3 is 21.1 Å². The van der Waals surface area contributed by atoms with Gasteiger partial charge in [-0.2, -0.15) is 0 Å². The van der Waals surface area contributed by atoms with E-state index in [1.165, 1.54) is 25.2 Å². The van der Waals surface area contributed by atoms with Crippen LogP contribution >= 0.6 is 11.3 Å². The average Bonchev–Trinajstić information content (AvgIpc) is 3.53.